The van der Waals surface area contributed by atoms with Crippen LogP contribution in [0.3, 0.4) is 0 Å². The molecular formula is C15H20N2O3S. The van der Waals surface area contributed by atoms with Crippen molar-refractivity contribution in [3.05, 3.63) is 30.1 Å². The summed E-state index contributed by atoms with van der Waals surface area (Å²) in [5, 5.41) is 9.10. The number of amides is 1. The predicted octanol–water partition coefficient (Wildman–Crippen LogP) is 2.03. The van der Waals surface area contributed by atoms with Crippen LogP contribution in [0.25, 0.3) is 0 Å². The van der Waals surface area contributed by atoms with E-state index in [-0.39, 0.29) is 11.9 Å². The summed E-state index contributed by atoms with van der Waals surface area (Å²) in [4.78, 5) is 29.3. The Labute approximate surface area is 128 Å². The Morgan fingerprint density at radius 2 is 2.24 bits per heavy atom. The van der Waals surface area contributed by atoms with Crippen molar-refractivity contribution in [2.45, 2.75) is 31.6 Å². The van der Waals surface area contributed by atoms with Crippen molar-refractivity contribution in [3.8, 4) is 0 Å². The summed E-state index contributed by atoms with van der Waals surface area (Å²) >= 11 is 1.52. The number of carboxylic acid groups (broad SMARTS) is 1. The minimum Gasteiger partial charge on any atom is -0.481 e. The fraction of sp³-hybridized carbons (Fsp3) is 0.533. The van der Waals surface area contributed by atoms with Crippen LogP contribution in [-0.4, -0.2) is 45.2 Å². The van der Waals surface area contributed by atoms with Crippen molar-refractivity contribution in [2.24, 2.45) is 5.92 Å². The van der Waals surface area contributed by atoms with E-state index in [9.17, 15) is 9.59 Å². The minimum absolute atomic E-state index is 0.0226. The summed E-state index contributed by atoms with van der Waals surface area (Å²) in [6.45, 7) is 2.32. The Balaban J connectivity index is 1.82. The van der Waals surface area contributed by atoms with Crippen molar-refractivity contribution in [2.75, 3.05) is 12.3 Å². The van der Waals surface area contributed by atoms with Crippen molar-refractivity contribution in [1.82, 2.24) is 9.88 Å². The van der Waals surface area contributed by atoms with Crippen LogP contribution in [0, 0.1) is 5.92 Å². The van der Waals surface area contributed by atoms with Gasteiger partial charge in [0.25, 0.3) is 0 Å². The number of hydrogen-bond donors (Lipinski definition) is 1. The molecule has 2 atom stereocenters. The molecule has 0 spiro atoms. The summed E-state index contributed by atoms with van der Waals surface area (Å²) in [5.41, 5.74) is 0.949. The van der Waals surface area contributed by atoms with E-state index in [0.717, 1.165) is 12.1 Å². The molecule has 2 rings (SSSR count). The van der Waals surface area contributed by atoms with E-state index in [1.165, 1.54) is 11.8 Å². The maximum atomic E-state index is 12.3. The third kappa shape index (κ3) is 4.46. The monoisotopic (exact) mass is 308 g/mol. The molecule has 1 fully saturated rings. The van der Waals surface area contributed by atoms with E-state index in [4.69, 9.17) is 5.11 Å². The van der Waals surface area contributed by atoms with Crippen LogP contribution in [0.5, 0.6) is 0 Å². The Morgan fingerprint density at radius 3 is 2.90 bits per heavy atom. The number of likely N-dealkylation sites (tertiary alicyclic amines) is 1. The summed E-state index contributed by atoms with van der Waals surface area (Å²) < 4.78 is 0. The molecule has 1 amide bonds. The largest absolute Gasteiger partial charge is 0.481 e. The van der Waals surface area contributed by atoms with Crippen LogP contribution in [0.2, 0.25) is 0 Å². The highest BCUT2D eigenvalue weighted by Crippen LogP contribution is 2.23. The van der Waals surface area contributed by atoms with Crippen LogP contribution in [0.1, 0.15) is 25.5 Å². The van der Waals surface area contributed by atoms with Gasteiger partial charge in [-0.2, -0.15) is 0 Å². The summed E-state index contributed by atoms with van der Waals surface area (Å²) in [6, 6.07) is 5.85. The van der Waals surface area contributed by atoms with Crippen molar-refractivity contribution < 1.29 is 14.7 Å². The third-order valence-electron chi connectivity index (χ3n) is 3.75. The summed E-state index contributed by atoms with van der Waals surface area (Å²) in [7, 11) is 0. The number of piperidine rings is 1. The van der Waals surface area contributed by atoms with Crippen molar-refractivity contribution in [3.63, 3.8) is 0 Å². The molecule has 1 aliphatic rings. The normalized spacial score (nSPS) is 22.0. The SMILES string of the molecule is CC1CCC(C(=O)O)CN1C(=O)CSCc1ccccn1. The lowest BCUT2D eigenvalue weighted by Gasteiger charge is -2.36. The van der Waals surface area contributed by atoms with E-state index in [0.29, 0.717) is 24.5 Å². The molecule has 1 aromatic heterocycles. The van der Waals surface area contributed by atoms with Crippen LogP contribution < -0.4 is 0 Å². The molecule has 1 N–H and O–H groups in total. The molecule has 1 aliphatic heterocycles. The zero-order valence-corrected chi connectivity index (χ0v) is 12.9. The molecule has 114 valence electrons. The van der Waals surface area contributed by atoms with Gasteiger partial charge in [-0.25, -0.2) is 0 Å². The first-order chi connectivity index (χ1) is 10.1. The number of thioether (sulfide) groups is 1. The van der Waals surface area contributed by atoms with E-state index < -0.39 is 11.9 Å². The number of carboxylic acids is 1. The minimum atomic E-state index is -0.805. The lowest BCUT2D eigenvalue weighted by molar-refractivity contribution is -0.146. The third-order valence-corrected chi connectivity index (χ3v) is 4.70. The van der Waals surface area contributed by atoms with Gasteiger partial charge in [0.1, 0.15) is 0 Å². The molecule has 0 radical (unpaired) electrons. The molecule has 0 saturated carbocycles. The maximum Gasteiger partial charge on any atom is 0.308 e. The van der Waals surface area contributed by atoms with Gasteiger partial charge >= 0.3 is 5.97 Å². The average Bonchev–Trinajstić information content (AvgIpc) is 2.48. The van der Waals surface area contributed by atoms with Gasteiger partial charge in [0.05, 0.1) is 17.4 Å². The zero-order valence-electron chi connectivity index (χ0n) is 12.1. The van der Waals surface area contributed by atoms with E-state index in [2.05, 4.69) is 4.98 Å². The Morgan fingerprint density at radius 1 is 1.43 bits per heavy atom. The fourth-order valence-corrected chi connectivity index (χ4v) is 3.29. The van der Waals surface area contributed by atoms with Gasteiger partial charge in [-0.1, -0.05) is 6.07 Å². The summed E-state index contributed by atoms with van der Waals surface area (Å²) in [6.07, 6.45) is 3.15. The maximum absolute atomic E-state index is 12.3. The summed E-state index contributed by atoms with van der Waals surface area (Å²) in [5.74, 6) is -0.147. The van der Waals surface area contributed by atoms with Crippen molar-refractivity contribution >= 4 is 23.6 Å². The molecule has 1 saturated heterocycles. The lowest BCUT2D eigenvalue weighted by atomic mass is 9.93. The standard InChI is InChI=1S/C15H20N2O3S/c1-11-5-6-12(15(19)20)8-17(11)14(18)10-21-9-13-4-2-3-7-16-13/h2-4,7,11-12H,5-6,8-10H2,1H3,(H,19,20). The predicted molar refractivity (Wildman–Crippen MR) is 81.9 cm³/mol. The van der Waals surface area contributed by atoms with E-state index in [1.54, 1.807) is 11.1 Å². The number of carbonyl (C=O) groups excluding carboxylic acids is 1. The topological polar surface area (TPSA) is 70.5 Å². The second-order valence-corrected chi connectivity index (χ2v) is 6.31. The Kier molecular flexibility index (Phi) is 5.61. The highest BCUT2D eigenvalue weighted by atomic mass is 32.2. The number of aliphatic carboxylic acids is 1. The second kappa shape index (κ2) is 7.45. The Hall–Kier alpha value is -1.56. The molecule has 1 aromatic rings. The van der Waals surface area contributed by atoms with Gasteiger partial charge in [0.15, 0.2) is 0 Å². The molecule has 21 heavy (non-hydrogen) atoms. The van der Waals surface area contributed by atoms with Gasteiger partial charge in [-0.05, 0) is 31.9 Å². The van der Waals surface area contributed by atoms with Crippen LogP contribution >= 0.6 is 11.8 Å². The highest BCUT2D eigenvalue weighted by Gasteiger charge is 2.32. The van der Waals surface area contributed by atoms with Gasteiger partial charge in [-0.15, -0.1) is 11.8 Å². The molecule has 0 aromatic carbocycles. The number of hydrogen-bond acceptors (Lipinski definition) is 4. The number of aromatic nitrogens is 1. The first-order valence-electron chi connectivity index (χ1n) is 7.08. The zero-order chi connectivity index (χ0) is 15.2. The lowest BCUT2D eigenvalue weighted by Crippen LogP contribution is -2.48. The molecule has 2 unspecified atom stereocenters. The smallest absolute Gasteiger partial charge is 0.308 e. The van der Waals surface area contributed by atoms with Crippen LogP contribution in [0.15, 0.2) is 24.4 Å². The van der Waals surface area contributed by atoms with Gasteiger partial charge in [0.2, 0.25) is 5.91 Å². The quantitative estimate of drug-likeness (QED) is 0.901. The molecule has 2 heterocycles. The molecular weight excluding hydrogens is 288 g/mol. The number of carbonyl (C=O) groups is 2. The van der Waals surface area contributed by atoms with Gasteiger partial charge in [0, 0.05) is 24.5 Å². The molecule has 6 heteroatoms. The van der Waals surface area contributed by atoms with Crippen LogP contribution in [0.4, 0.5) is 0 Å². The number of nitrogens with zero attached hydrogens (tertiary/aromatic N) is 2. The van der Waals surface area contributed by atoms with Crippen molar-refractivity contribution in [1.29, 1.82) is 0 Å². The van der Waals surface area contributed by atoms with Gasteiger partial charge < -0.3 is 10.0 Å². The number of pyridine rings is 1. The average molecular weight is 308 g/mol. The van der Waals surface area contributed by atoms with Gasteiger partial charge in [-0.3, -0.25) is 14.6 Å². The second-order valence-electron chi connectivity index (χ2n) is 5.32. The van der Waals surface area contributed by atoms with Crippen LogP contribution in [-0.2, 0) is 15.3 Å². The number of rotatable bonds is 5. The molecule has 0 bridgehead atoms. The van der Waals surface area contributed by atoms with E-state index >= 15 is 0 Å². The molecule has 0 aliphatic carbocycles. The first-order valence-corrected chi connectivity index (χ1v) is 8.23. The Bertz CT molecular complexity index is 495. The first kappa shape index (κ1) is 15.8. The highest BCUT2D eigenvalue weighted by molar-refractivity contribution is 7.99. The fourth-order valence-electron chi connectivity index (χ4n) is 2.47. The van der Waals surface area contributed by atoms with E-state index in [1.807, 2.05) is 25.1 Å². The molecule has 5 nitrogen and oxygen atoms in total.